The largest absolute Gasteiger partial charge is 0.372 e. The van der Waals surface area contributed by atoms with Crippen molar-refractivity contribution in [1.82, 2.24) is 10.4 Å². The van der Waals surface area contributed by atoms with E-state index in [2.05, 4.69) is 16.1 Å². The number of benzene rings is 1. The second kappa shape index (κ2) is 5.05. The van der Waals surface area contributed by atoms with Crippen LogP contribution in [-0.2, 0) is 9.59 Å². The lowest BCUT2D eigenvalue weighted by atomic mass is 10.1. The Kier molecular flexibility index (Phi) is 3.47. The number of carbonyl (C=O) groups is 2. The predicted molar refractivity (Wildman–Crippen MR) is 68.9 cm³/mol. The van der Waals surface area contributed by atoms with E-state index in [1.807, 2.05) is 24.3 Å². The van der Waals surface area contributed by atoms with Crippen LogP contribution in [0.4, 0.5) is 11.4 Å². The summed E-state index contributed by atoms with van der Waals surface area (Å²) in [6.07, 6.45) is 0.0956. The summed E-state index contributed by atoms with van der Waals surface area (Å²) in [4.78, 5) is 23.4. The maximum atomic E-state index is 11.8. The van der Waals surface area contributed by atoms with E-state index in [1.165, 1.54) is 0 Å². The third-order valence-electron chi connectivity index (χ3n) is 2.57. The number of hydrazine groups is 1. The molecule has 1 aromatic rings. The number of anilines is 2. The Labute approximate surface area is 105 Å². The van der Waals surface area contributed by atoms with Gasteiger partial charge in [-0.05, 0) is 12.1 Å². The average Bonchev–Trinajstić information content (AvgIpc) is 2.29. The van der Waals surface area contributed by atoms with Crippen LogP contribution in [0.15, 0.2) is 24.3 Å². The van der Waals surface area contributed by atoms with Crippen LogP contribution in [0.2, 0.25) is 0 Å². The van der Waals surface area contributed by atoms with Crippen LogP contribution in [-0.4, -0.2) is 37.0 Å². The number of rotatable bonds is 3. The Morgan fingerprint density at radius 3 is 2.67 bits per heavy atom. The summed E-state index contributed by atoms with van der Waals surface area (Å²) in [6.45, 7) is 0. The van der Waals surface area contributed by atoms with Crippen LogP contribution in [0, 0.1) is 0 Å². The van der Waals surface area contributed by atoms with E-state index >= 15 is 0 Å². The topological polar surface area (TPSA) is 73.5 Å². The van der Waals surface area contributed by atoms with Crippen molar-refractivity contribution in [3.8, 4) is 0 Å². The number of fused-ring (bicyclic) bond motifs is 1. The van der Waals surface area contributed by atoms with Gasteiger partial charge in [0, 0.05) is 14.1 Å². The highest BCUT2D eigenvalue weighted by molar-refractivity contribution is 6.04. The van der Waals surface area contributed by atoms with Gasteiger partial charge in [0.05, 0.1) is 17.8 Å². The molecule has 0 saturated heterocycles. The summed E-state index contributed by atoms with van der Waals surface area (Å²) >= 11 is 0. The first kappa shape index (κ1) is 12.4. The van der Waals surface area contributed by atoms with E-state index in [0.29, 0.717) is 0 Å². The molecule has 0 fully saturated rings. The smallest absolute Gasteiger partial charge is 0.247 e. The lowest BCUT2D eigenvalue weighted by molar-refractivity contribution is -0.127. The summed E-state index contributed by atoms with van der Waals surface area (Å²) in [5, 5.41) is 7.39. The first-order valence-electron chi connectivity index (χ1n) is 5.69. The van der Waals surface area contributed by atoms with Crippen LogP contribution < -0.4 is 16.1 Å². The molecule has 6 nitrogen and oxygen atoms in total. The molecule has 0 saturated carbocycles. The third-order valence-corrected chi connectivity index (χ3v) is 2.57. The van der Waals surface area contributed by atoms with Crippen molar-refractivity contribution in [3.05, 3.63) is 24.3 Å². The summed E-state index contributed by atoms with van der Waals surface area (Å²) in [5.74, 6) is -0.394. The third kappa shape index (κ3) is 2.78. The number of hydrogen-bond donors (Lipinski definition) is 3. The SMILES string of the molecule is CN(C)NC(=O)C[C@@H]1Nc2ccccc2NC1=O. The van der Waals surface area contributed by atoms with Crippen LogP contribution in [0.25, 0.3) is 0 Å². The molecule has 1 aliphatic heterocycles. The molecule has 96 valence electrons. The molecule has 1 atom stereocenters. The fourth-order valence-corrected chi connectivity index (χ4v) is 1.82. The fourth-order valence-electron chi connectivity index (χ4n) is 1.82. The maximum absolute atomic E-state index is 11.8. The lowest BCUT2D eigenvalue weighted by Gasteiger charge is -2.26. The highest BCUT2D eigenvalue weighted by Crippen LogP contribution is 2.26. The van der Waals surface area contributed by atoms with Crippen LogP contribution in [0.1, 0.15) is 6.42 Å². The Morgan fingerprint density at radius 2 is 2.00 bits per heavy atom. The van der Waals surface area contributed by atoms with Crippen molar-refractivity contribution in [3.63, 3.8) is 0 Å². The molecule has 1 heterocycles. The molecule has 0 aliphatic carbocycles. The van der Waals surface area contributed by atoms with Crippen molar-refractivity contribution >= 4 is 23.2 Å². The molecule has 0 unspecified atom stereocenters. The molecule has 3 N–H and O–H groups in total. The van der Waals surface area contributed by atoms with Gasteiger partial charge < -0.3 is 10.6 Å². The number of hydrogen-bond acceptors (Lipinski definition) is 4. The molecule has 1 aliphatic rings. The average molecular weight is 248 g/mol. The van der Waals surface area contributed by atoms with Gasteiger partial charge in [-0.25, -0.2) is 5.01 Å². The van der Waals surface area contributed by atoms with Gasteiger partial charge in [0.1, 0.15) is 6.04 Å². The van der Waals surface area contributed by atoms with Crippen molar-refractivity contribution in [2.24, 2.45) is 0 Å². The van der Waals surface area contributed by atoms with Crippen LogP contribution in [0.3, 0.4) is 0 Å². The Balaban J connectivity index is 2.04. The molecule has 0 bridgehead atoms. The zero-order valence-electron chi connectivity index (χ0n) is 10.4. The van der Waals surface area contributed by atoms with Gasteiger partial charge in [0.25, 0.3) is 0 Å². The van der Waals surface area contributed by atoms with Crippen LogP contribution in [0.5, 0.6) is 0 Å². The quantitative estimate of drug-likeness (QED) is 0.677. The first-order chi connectivity index (χ1) is 8.56. The highest BCUT2D eigenvalue weighted by Gasteiger charge is 2.27. The van der Waals surface area contributed by atoms with Crippen molar-refractivity contribution in [2.45, 2.75) is 12.5 Å². The van der Waals surface area contributed by atoms with E-state index in [0.717, 1.165) is 11.4 Å². The Morgan fingerprint density at radius 1 is 1.33 bits per heavy atom. The number of para-hydroxylation sites is 2. The van der Waals surface area contributed by atoms with E-state index in [1.54, 1.807) is 19.1 Å². The standard InChI is InChI=1S/C12H16N4O2/c1-16(2)15-11(17)7-10-12(18)14-9-6-4-3-5-8(9)13-10/h3-6,10,13H,7H2,1-2H3,(H,14,18)(H,15,17)/t10-/m0/s1. The molecule has 2 amide bonds. The molecule has 0 radical (unpaired) electrons. The van der Waals surface area contributed by atoms with E-state index in [4.69, 9.17) is 0 Å². The van der Waals surface area contributed by atoms with Gasteiger partial charge in [-0.15, -0.1) is 0 Å². The fraction of sp³-hybridized carbons (Fsp3) is 0.333. The van der Waals surface area contributed by atoms with E-state index < -0.39 is 6.04 Å². The van der Waals surface area contributed by atoms with Gasteiger partial charge in [0.15, 0.2) is 0 Å². The first-order valence-corrected chi connectivity index (χ1v) is 5.69. The van der Waals surface area contributed by atoms with Gasteiger partial charge in [-0.2, -0.15) is 0 Å². The minimum absolute atomic E-state index is 0.0956. The molecule has 0 spiro atoms. The molecule has 1 aromatic carbocycles. The van der Waals surface area contributed by atoms with Gasteiger partial charge in [-0.1, -0.05) is 12.1 Å². The van der Waals surface area contributed by atoms with Gasteiger partial charge in [-0.3, -0.25) is 15.0 Å². The number of nitrogens with zero attached hydrogens (tertiary/aromatic N) is 1. The molecular formula is C12H16N4O2. The normalized spacial score (nSPS) is 17.7. The lowest BCUT2D eigenvalue weighted by Crippen LogP contribution is -2.44. The minimum atomic E-state index is -0.542. The Bertz CT molecular complexity index is 473. The summed E-state index contributed by atoms with van der Waals surface area (Å²) in [6, 6.07) is 6.86. The van der Waals surface area contributed by atoms with Crippen molar-refractivity contribution in [1.29, 1.82) is 0 Å². The summed E-state index contributed by atoms with van der Waals surface area (Å²) < 4.78 is 0. The monoisotopic (exact) mass is 248 g/mol. The second-order valence-electron chi connectivity index (χ2n) is 4.37. The second-order valence-corrected chi connectivity index (χ2v) is 4.37. The molecule has 2 rings (SSSR count). The van der Waals surface area contributed by atoms with Gasteiger partial charge >= 0.3 is 0 Å². The molecule has 0 aromatic heterocycles. The highest BCUT2D eigenvalue weighted by atomic mass is 16.2. The zero-order valence-corrected chi connectivity index (χ0v) is 10.4. The van der Waals surface area contributed by atoms with E-state index in [9.17, 15) is 9.59 Å². The molecule has 6 heteroatoms. The van der Waals surface area contributed by atoms with Crippen molar-refractivity contribution in [2.75, 3.05) is 24.7 Å². The summed E-state index contributed by atoms with van der Waals surface area (Å²) in [7, 11) is 3.45. The zero-order chi connectivity index (χ0) is 13.1. The minimum Gasteiger partial charge on any atom is -0.372 e. The summed E-state index contributed by atoms with van der Waals surface area (Å²) in [5.41, 5.74) is 4.18. The maximum Gasteiger partial charge on any atom is 0.247 e. The number of nitrogens with one attached hydrogen (secondary N) is 3. The predicted octanol–water partition coefficient (Wildman–Crippen LogP) is 0.402. The molecular weight excluding hydrogens is 232 g/mol. The number of carbonyl (C=O) groups excluding carboxylic acids is 2. The molecule has 18 heavy (non-hydrogen) atoms. The Hall–Kier alpha value is -2.08. The number of amides is 2. The van der Waals surface area contributed by atoms with Crippen LogP contribution >= 0.6 is 0 Å². The van der Waals surface area contributed by atoms with Gasteiger partial charge in [0.2, 0.25) is 11.8 Å². The van der Waals surface area contributed by atoms with E-state index in [-0.39, 0.29) is 18.2 Å². The van der Waals surface area contributed by atoms with Crippen molar-refractivity contribution < 1.29 is 9.59 Å².